The van der Waals surface area contributed by atoms with E-state index < -0.39 is 0 Å². The maximum Gasteiger partial charge on any atom is 0.227 e. The first-order valence-corrected chi connectivity index (χ1v) is 8.00. The summed E-state index contributed by atoms with van der Waals surface area (Å²) in [4.78, 5) is 14.8. The molecule has 0 aliphatic rings. The summed E-state index contributed by atoms with van der Waals surface area (Å²) in [5.74, 6) is 0.837. The van der Waals surface area contributed by atoms with Crippen molar-refractivity contribution in [3.05, 3.63) is 52.9 Å². The van der Waals surface area contributed by atoms with Crippen LogP contribution in [0.1, 0.15) is 43.4 Å². The Kier molecular flexibility index (Phi) is 5.24. The summed E-state index contributed by atoms with van der Waals surface area (Å²) >= 11 is 0. The first-order valence-electron chi connectivity index (χ1n) is 8.00. The van der Waals surface area contributed by atoms with Crippen molar-refractivity contribution in [2.75, 3.05) is 6.54 Å². The molecule has 0 aliphatic carbocycles. The molecule has 0 aliphatic heterocycles. The zero-order valence-electron chi connectivity index (χ0n) is 14.7. The summed E-state index contributed by atoms with van der Waals surface area (Å²) in [6.45, 7) is 11.5. The van der Waals surface area contributed by atoms with Crippen molar-refractivity contribution in [3.63, 3.8) is 0 Å². The topological polar surface area (TPSA) is 46.3 Å². The Labute approximate surface area is 138 Å². The number of nitrogens with zero attached hydrogens (tertiary/aromatic N) is 2. The lowest BCUT2D eigenvalue weighted by Crippen LogP contribution is -2.38. The maximum atomic E-state index is 12.9. The molecule has 1 aromatic carbocycles. The molecule has 23 heavy (non-hydrogen) atoms. The Morgan fingerprint density at radius 1 is 1.17 bits per heavy atom. The molecule has 0 spiro atoms. The molecule has 1 amide bonds. The highest BCUT2D eigenvalue weighted by Crippen LogP contribution is 2.20. The van der Waals surface area contributed by atoms with Gasteiger partial charge in [0, 0.05) is 18.7 Å². The van der Waals surface area contributed by atoms with Crippen LogP contribution in [0.15, 0.2) is 34.9 Å². The number of rotatable bonds is 5. The van der Waals surface area contributed by atoms with E-state index in [4.69, 9.17) is 4.52 Å². The fourth-order valence-electron chi connectivity index (χ4n) is 2.63. The van der Waals surface area contributed by atoms with Crippen molar-refractivity contribution in [3.8, 4) is 0 Å². The lowest BCUT2D eigenvalue weighted by molar-refractivity contribution is -0.132. The normalized spacial score (nSPS) is 11.5. The first kappa shape index (κ1) is 17.3. The summed E-state index contributed by atoms with van der Waals surface area (Å²) in [6.07, 6.45) is 0.337. The molecule has 0 unspecified atom stereocenters. The van der Waals surface area contributed by atoms with Gasteiger partial charge in [-0.25, -0.2) is 0 Å². The van der Waals surface area contributed by atoms with E-state index in [0.717, 1.165) is 22.6 Å². The Bertz CT molecular complexity index is 634. The van der Waals surface area contributed by atoms with Gasteiger partial charge in [-0.1, -0.05) is 56.3 Å². The second-order valence-electron chi connectivity index (χ2n) is 7.28. The van der Waals surface area contributed by atoms with Crippen molar-refractivity contribution in [1.29, 1.82) is 0 Å². The maximum absolute atomic E-state index is 12.9. The zero-order valence-corrected chi connectivity index (χ0v) is 14.7. The molecule has 0 saturated heterocycles. The van der Waals surface area contributed by atoms with Crippen LogP contribution in [0.5, 0.6) is 0 Å². The van der Waals surface area contributed by atoms with E-state index >= 15 is 0 Å². The number of carbonyl (C=O) groups is 1. The smallest absolute Gasteiger partial charge is 0.227 e. The van der Waals surface area contributed by atoms with E-state index in [1.54, 1.807) is 0 Å². The predicted molar refractivity (Wildman–Crippen MR) is 91.0 cm³/mol. The van der Waals surface area contributed by atoms with Crippen molar-refractivity contribution < 1.29 is 9.32 Å². The molecular weight excluding hydrogens is 288 g/mol. The molecule has 0 fully saturated rings. The minimum Gasteiger partial charge on any atom is -0.361 e. The SMILES string of the molecule is Cc1noc(C)c1CC(=O)N(Cc1ccccc1)CC(C)(C)C. The van der Waals surface area contributed by atoms with Gasteiger partial charge in [0.2, 0.25) is 5.91 Å². The monoisotopic (exact) mass is 314 g/mol. The van der Waals surface area contributed by atoms with Crippen LogP contribution in [0.2, 0.25) is 0 Å². The van der Waals surface area contributed by atoms with Crippen LogP contribution >= 0.6 is 0 Å². The van der Waals surface area contributed by atoms with Crippen LogP contribution in [-0.2, 0) is 17.8 Å². The number of amides is 1. The van der Waals surface area contributed by atoms with Gasteiger partial charge in [0.15, 0.2) is 0 Å². The summed E-state index contributed by atoms with van der Waals surface area (Å²) in [5, 5.41) is 3.94. The second-order valence-corrected chi connectivity index (χ2v) is 7.28. The van der Waals surface area contributed by atoms with E-state index in [0.29, 0.717) is 19.5 Å². The molecule has 1 heterocycles. The zero-order chi connectivity index (χ0) is 17.0. The lowest BCUT2D eigenvalue weighted by Gasteiger charge is -2.30. The van der Waals surface area contributed by atoms with Crippen LogP contribution in [0.3, 0.4) is 0 Å². The van der Waals surface area contributed by atoms with Crippen LogP contribution in [-0.4, -0.2) is 22.5 Å². The van der Waals surface area contributed by atoms with Gasteiger partial charge < -0.3 is 9.42 Å². The lowest BCUT2D eigenvalue weighted by atomic mass is 9.95. The molecule has 4 nitrogen and oxygen atoms in total. The number of benzene rings is 1. The van der Waals surface area contributed by atoms with Gasteiger partial charge >= 0.3 is 0 Å². The fraction of sp³-hybridized carbons (Fsp3) is 0.474. The van der Waals surface area contributed by atoms with Crippen molar-refractivity contribution >= 4 is 5.91 Å². The van der Waals surface area contributed by atoms with Gasteiger partial charge in [-0.2, -0.15) is 0 Å². The number of hydrogen-bond donors (Lipinski definition) is 0. The molecule has 4 heteroatoms. The van der Waals surface area contributed by atoms with Crippen molar-refractivity contribution in [1.82, 2.24) is 10.1 Å². The minimum absolute atomic E-state index is 0.0448. The largest absolute Gasteiger partial charge is 0.361 e. The third-order valence-electron chi connectivity index (χ3n) is 3.74. The molecular formula is C19H26N2O2. The number of hydrogen-bond acceptors (Lipinski definition) is 3. The Morgan fingerprint density at radius 2 is 1.83 bits per heavy atom. The molecule has 0 N–H and O–H groups in total. The van der Waals surface area contributed by atoms with E-state index in [1.165, 1.54) is 0 Å². The van der Waals surface area contributed by atoms with Gasteiger partial charge in [0.25, 0.3) is 0 Å². The van der Waals surface area contributed by atoms with Crippen LogP contribution in [0, 0.1) is 19.3 Å². The summed E-state index contributed by atoms with van der Waals surface area (Å²) < 4.78 is 5.17. The van der Waals surface area contributed by atoms with Crippen LogP contribution in [0.4, 0.5) is 0 Å². The highest BCUT2D eigenvalue weighted by molar-refractivity contribution is 5.79. The first-order chi connectivity index (χ1) is 10.8. The Morgan fingerprint density at radius 3 is 2.35 bits per heavy atom. The van der Waals surface area contributed by atoms with Crippen molar-refractivity contribution in [2.45, 2.75) is 47.6 Å². The molecule has 2 aromatic rings. The fourth-order valence-corrected chi connectivity index (χ4v) is 2.63. The van der Waals surface area contributed by atoms with Gasteiger partial charge in [-0.3, -0.25) is 4.79 Å². The highest BCUT2D eigenvalue weighted by atomic mass is 16.5. The quantitative estimate of drug-likeness (QED) is 0.840. The summed E-state index contributed by atoms with van der Waals surface area (Å²) in [6, 6.07) is 10.1. The molecule has 0 saturated carbocycles. The van der Waals surface area contributed by atoms with Gasteiger partial charge in [-0.15, -0.1) is 0 Å². The average molecular weight is 314 g/mol. The summed E-state index contributed by atoms with van der Waals surface area (Å²) in [5.41, 5.74) is 2.89. The molecule has 0 radical (unpaired) electrons. The molecule has 1 aromatic heterocycles. The molecule has 124 valence electrons. The van der Waals surface area contributed by atoms with E-state index in [2.05, 4.69) is 38.1 Å². The average Bonchev–Trinajstić information content (AvgIpc) is 2.78. The standard InChI is InChI=1S/C19H26N2O2/c1-14-17(15(2)23-20-14)11-18(22)21(13-19(3,4)5)12-16-9-7-6-8-10-16/h6-10H,11-13H2,1-5H3. The van der Waals surface area contributed by atoms with Gasteiger partial charge in [0.05, 0.1) is 12.1 Å². The predicted octanol–water partition coefficient (Wildman–Crippen LogP) is 3.91. The van der Waals surface area contributed by atoms with E-state index in [9.17, 15) is 4.79 Å². The highest BCUT2D eigenvalue weighted by Gasteiger charge is 2.23. The van der Waals surface area contributed by atoms with Crippen LogP contribution < -0.4 is 0 Å². The Hall–Kier alpha value is -2.10. The third-order valence-corrected chi connectivity index (χ3v) is 3.74. The van der Waals surface area contributed by atoms with Crippen LogP contribution in [0.25, 0.3) is 0 Å². The third kappa shape index (κ3) is 4.95. The number of carbonyl (C=O) groups excluding carboxylic acids is 1. The summed E-state index contributed by atoms with van der Waals surface area (Å²) in [7, 11) is 0. The second kappa shape index (κ2) is 6.99. The van der Waals surface area contributed by atoms with Gasteiger partial charge in [0.1, 0.15) is 5.76 Å². The van der Waals surface area contributed by atoms with E-state index in [-0.39, 0.29) is 11.3 Å². The van der Waals surface area contributed by atoms with Gasteiger partial charge in [-0.05, 0) is 24.8 Å². The molecule has 2 rings (SSSR count). The number of aryl methyl sites for hydroxylation is 2. The molecule has 0 atom stereocenters. The van der Waals surface area contributed by atoms with E-state index in [1.807, 2.05) is 36.9 Å². The Balaban J connectivity index is 2.17. The number of aromatic nitrogens is 1. The minimum atomic E-state index is 0.0448. The molecule has 0 bridgehead atoms. The van der Waals surface area contributed by atoms with Crippen molar-refractivity contribution in [2.24, 2.45) is 5.41 Å².